The van der Waals surface area contributed by atoms with E-state index in [-0.39, 0.29) is 44.6 Å². The molecular formula is C35H48N4O6. The lowest BCUT2D eigenvalue weighted by molar-refractivity contribution is -0.393. The van der Waals surface area contributed by atoms with Gasteiger partial charge in [-0.15, -0.1) is 0 Å². The van der Waals surface area contributed by atoms with Crippen molar-refractivity contribution in [2.75, 3.05) is 5.43 Å². The molecule has 5 aliphatic rings. The first kappa shape index (κ1) is 31.7. The van der Waals surface area contributed by atoms with E-state index in [0.29, 0.717) is 17.8 Å². The van der Waals surface area contributed by atoms with Crippen molar-refractivity contribution in [3.05, 3.63) is 50.1 Å². The molecule has 0 radical (unpaired) electrons. The summed E-state index contributed by atoms with van der Waals surface area (Å²) in [7, 11) is 0. The number of rotatable bonds is 5. The Kier molecular flexibility index (Phi) is 7.29. The zero-order chi connectivity index (χ0) is 32.7. The van der Waals surface area contributed by atoms with Crippen LogP contribution in [0.5, 0.6) is 0 Å². The molecule has 5 aliphatic carbocycles. The zero-order valence-corrected chi connectivity index (χ0v) is 27.5. The maximum atomic E-state index is 12.8. The maximum absolute atomic E-state index is 12.8. The molecular weight excluding hydrogens is 572 g/mol. The highest BCUT2D eigenvalue weighted by Gasteiger charge is 2.65. The van der Waals surface area contributed by atoms with Crippen LogP contribution in [0.1, 0.15) is 106 Å². The number of hydrazone groups is 1. The number of hydrogen-bond acceptors (Lipinski definition) is 7. The molecule has 4 fully saturated rings. The highest BCUT2D eigenvalue weighted by atomic mass is 16.6. The Bertz CT molecular complexity index is 1510. The number of nitrogens with one attached hydrogen (secondary N) is 1. The molecule has 1 aromatic rings. The summed E-state index contributed by atoms with van der Waals surface area (Å²) in [4.78, 5) is 34.4. The molecule has 0 aliphatic heterocycles. The fourth-order valence-corrected chi connectivity index (χ4v) is 11.3. The fraction of sp³-hybridized carbons (Fsp3) is 0.714. The van der Waals surface area contributed by atoms with Gasteiger partial charge >= 0.3 is 11.7 Å². The summed E-state index contributed by atoms with van der Waals surface area (Å²) in [6.45, 7) is 14.1. The van der Waals surface area contributed by atoms with Crippen molar-refractivity contribution < 1.29 is 19.7 Å². The van der Waals surface area contributed by atoms with E-state index in [1.807, 2.05) is 0 Å². The van der Waals surface area contributed by atoms with Crippen molar-refractivity contribution in [1.82, 2.24) is 0 Å². The third kappa shape index (κ3) is 4.72. The monoisotopic (exact) mass is 620 g/mol. The fourth-order valence-electron chi connectivity index (χ4n) is 11.3. The molecule has 1 aromatic carbocycles. The van der Waals surface area contributed by atoms with Crippen LogP contribution in [0.4, 0.5) is 17.1 Å². The molecule has 0 heterocycles. The molecule has 10 heteroatoms. The van der Waals surface area contributed by atoms with Gasteiger partial charge in [0.15, 0.2) is 0 Å². The number of benzene rings is 1. The summed E-state index contributed by atoms with van der Waals surface area (Å²) in [5.41, 5.74) is 4.24. The van der Waals surface area contributed by atoms with Gasteiger partial charge in [-0.05, 0) is 110 Å². The van der Waals surface area contributed by atoms with E-state index < -0.39 is 21.2 Å². The average Bonchev–Trinajstić information content (AvgIpc) is 2.95. The third-order valence-electron chi connectivity index (χ3n) is 13.7. The van der Waals surface area contributed by atoms with E-state index in [1.54, 1.807) is 0 Å². The smallest absolute Gasteiger partial charge is 0.310 e. The Morgan fingerprint density at radius 3 is 2.31 bits per heavy atom. The number of nitro benzene ring substituents is 2. The standard InChI is InChI=1S/C35H48N4O6/c1-31(2)17-18-35(30(40)41)16-11-23-22(24(35)20-31)8-10-28-33(23,5)14-12-27-32(3,4)29(13-15-34(27,28)6)37-36-25-9-7-21(38(42)43)19-26(25)39(44)45/h7-9,19,23-24,27-28,36H,10-18,20H2,1-6H3,(H,40,41)/b37-29+/t23-,24+,27+,28+,33+,34+,35-/m1/s1. The van der Waals surface area contributed by atoms with Crippen molar-refractivity contribution >= 4 is 28.7 Å². The first-order valence-electron chi connectivity index (χ1n) is 16.7. The number of allylic oxidation sites excluding steroid dienone is 2. The predicted molar refractivity (Wildman–Crippen MR) is 173 cm³/mol. The summed E-state index contributed by atoms with van der Waals surface area (Å²) in [6, 6.07) is 3.58. The van der Waals surface area contributed by atoms with Crippen LogP contribution in [0, 0.1) is 71.0 Å². The van der Waals surface area contributed by atoms with Gasteiger partial charge in [-0.25, -0.2) is 0 Å². The topological polar surface area (TPSA) is 148 Å². The minimum absolute atomic E-state index is 0.0735. The van der Waals surface area contributed by atoms with Gasteiger partial charge in [0.25, 0.3) is 5.69 Å². The zero-order valence-electron chi connectivity index (χ0n) is 27.5. The molecule has 0 unspecified atom stereocenters. The van der Waals surface area contributed by atoms with E-state index in [0.717, 1.165) is 76.0 Å². The van der Waals surface area contributed by atoms with Crippen molar-refractivity contribution in [3.8, 4) is 0 Å². The number of carboxylic acids is 1. The van der Waals surface area contributed by atoms with Gasteiger partial charge < -0.3 is 5.11 Å². The molecule has 0 saturated heterocycles. The average molecular weight is 621 g/mol. The summed E-state index contributed by atoms with van der Waals surface area (Å²) in [5, 5.41) is 38.2. The summed E-state index contributed by atoms with van der Waals surface area (Å²) >= 11 is 0. The van der Waals surface area contributed by atoms with E-state index in [9.17, 15) is 30.1 Å². The maximum Gasteiger partial charge on any atom is 0.310 e. The van der Waals surface area contributed by atoms with E-state index in [2.05, 4.69) is 53.0 Å². The molecule has 4 saturated carbocycles. The molecule has 0 spiro atoms. The van der Waals surface area contributed by atoms with E-state index in [1.165, 1.54) is 17.7 Å². The third-order valence-corrected chi connectivity index (χ3v) is 13.7. The van der Waals surface area contributed by atoms with Crippen LogP contribution >= 0.6 is 0 Å². The number of nitro groups is 2. The largest absolute Gasteiger partial charge is 0.481 e. The number of hydrogen-bond donors (Lipinski definition) is 2. The number of carboxylic acid groups (broad SMARTS) is 1. The Balaban J connectivity index is 1.29. The first-order valence-corrected chi connectivity index (χ1v) is 16.7. The second-order valence-corrected chi connectivity index (χ2v) is 16.7. The van der Waals surface area contributed by atoms with Crippen LogP contribution in [-0.4, -0.2) is 26.6 Å². The van der Waals surface area contributed by atoms with Gasteiger partial charge in [0.2, 0.25) is 0 Å². The molecule has 6 rings (SSSR count). The van der Waals surface area contributed by atoms with Crippen LogP contribution < -0.4 is 5.43 Å². The van der Waals surface area contributed by atoms with E-state index in [4.69, 9.17) is 5.10 Å². The number of nitrogens with zero attached hydrogens (tertiary/aromatic N) is 3. The summed E-state index contributed by atoms with van der Waals surface area (Å²) in [5.74, 6) is 0.795. The number of carbonyl (C=O) groups is 1. The number of fused-ring (bicyclic) bond motifs is 7. The molecule has 0 bridgehead atoms. The highest BCUT2D eigenvalue weighted by molar-refractivity contribution is 5.91. The quantitative estimate of drug-likeness (QED) is 0.190. The number of non-ortho nitro benzene ring substituents is 1. The number of aliphatic carboxylic acids is 1. The van der Waals surface area contributed by atoms with Gasteiger partial charge in [-0.1, -0.05) is 53.2 Å². The predicted octanol–water partition coefficient (Wildman–Crippen LogP) is 8.77. The highest BCUT2D eigenvalue weighted by Crippen LogP contribution is 2.71. The van der Waals surface area contributed by atoms with Gasteiger partial charge in [-0.3, -0.25) is 30.4 Å². The van der Waals surface area contributed by atoms with Crippen molar-refractivity contribution in [1.29, 1.82) is 0 Å². The van der Waals surface area contributed by atoms with Crippen LogP contribution in [0.25, 0.3) is 0 Å². The molecule has 244 valence electrons. The summed E-state index contributed by atoms with van der Waals surface area (Å²) < 4.78 is 0. The van der Waals surface area contributed by atoms with Gasteiger partial charge in [0.1, 0.15) is 5.69 Å². The van der Waals surface area contributed by atoms with Crippen LogP contribution in [0.2, 0.25) is 0 Å². The van der Waals surface area contributed by atoms with Crippen LogP contribution in [-0.2, 0) is 4.79 Å². The summed E-state index contributed by atoms with van der Waals surface area (Å²) in [6.07, 6.45) is 11.8. The number of anilines is 1. The lowest BCUT2D eigenvalue weighted by atomic mass is 9.37. The van der Waals surface area contributed by atoms with Gasteiger partial charge in [0.05, 0.1) is 21.3 Å². The van der Waals surface area contributed by atoms with Crippen molar-refractivity contribution in [2.24, 2.45) is 55.8 Å². The second-order valence-electron chi connectivity index (χ2n) is 16.7. The lowest BCUT2D eigenvalue weighted by Gasteiger charge is -2.67. The molecule has 0 aromatic heterocycles. The SMILES string of the molecule is CC1(C)CC[C@]2(C(=O)O)CC[C@@H]3C(=CC[C@H]4[C@@]3(C)CC[C@H]3C(C)(C)/C(=N/Nc5ccc([N+](=O)[O-])cc5[N+](=O)[O-])CC[C@]43C)[C@@H]2C1. The van der Waals surface area contributed by atoms with Crippen LogP contribution in [0.15, 0.2) is 34.9 Å². The molecule has 45 heavy (non-hydrogen) atoms. The van der Waals surface area contributed by atoms with E-state index >= 15 is 0 Å². The molecule has 10 nitrogen and oxygen atoms in total. The minimum Gasteiger partial charge on any atom is -0.481 e. The van der Waals surface area contributed by atoms with Gasteiger partial charge in [-0.2, -0.15) is 5.10 Å². The lowest BCUT2D eigenvalue weighted by Crippen LogP contribution is -2.61. The van der Waals surface area contributed by atoms with Crippen molar-refractivity contribution in [2.45, 2.75) is 106 Å². The molecule has 2 N–H and O–H groups in total. The Morgan fingerprint density at radius 2 is 1.64 bits per heavy atom. The first-order chi connectivity index (χ1) is 21.0. The van der Waals surface area contributed by atoms with Crippen LogP contribution in [0.3, 0.4) is 0 Å². The van der Waals surface area contributed by atoms with Crippen molar-refractivity contribution in [3.63, 3.8) is 0 Å². The molecule has 7 atom stereocenters. The Hall–Kier alpha value is -3.30. The molecule has 0 amide bonds. The minimum atomic E-state index is -0.639. The van der Waals surface area contributed by atoms with Gasteiger partial charge in [0, 0.05) is 17.2 Å². The Labute approximate surface area is 265 Å². The normalized spacial score (nSPS) is 38.9. The second kappa shape index (κ2) is 10.4. The Morgan fingerprint density at radius 1 is 0.911 bits per heavy atom.